The molecule has 0 aromatic carbocycles. The van der Waals surface area contributed by atoms with Gasteiger partial charge in [-0.15, -0.1) is 0 Å². The van der Waals surface area contributed by atoms with Gasteiger partial charge in [-0.3, -0.25) is 0 Å². The van der Waals surface area contributed by atoms with Gasteiger partial charge >= 0.3 is 0 Å². The fraction of sp³-hybridized carbons (Fsp3) is 1.00. The molecular formula is C17H48. The number of hydrogen-bond donors (Lipinski definition) is 0. The molecule has 0 rings (SSSR count). The summed E-state index contributed by atoms with van der Waals surface area (Å²) in [6, 6.07) is 0. The summed E-state index contributed by atoms with van der Waals surface area (Å²) in [7, 11) is 0. The van der Waals surface area contributed by atoms with Gasteiger partial charge in [0.1, 0.15) is 0 Å². The molecule has 0 fully saturated rings. The number of rotatable bonds is 0. The minimum Gasteiger partial charge on any atom is -0.0776 e. The minimum absolute atomic E-state index is 0. The summed E-state index contributed by atoms with van der Waals surface area (Å²) in [6.07, 6.45) is 0. The Kier molecular flexibility index (Phi) is 64.0. The van der Waals surface area contributed by atoms with Crippen LogP contribution >= 0.6 is 0 Å². The number of hydrogen-bond acceptors (Lipinski definition) is 0. The second kappa shape index (κ2) is 25.0. The summed E-state index contributed by atoms with van der Waals surface area (Å²) in [5.74, 6) is 0. The molecule has 0 bridgehead atoms. The maximum absolute atomic E-state index is 2.19. The molecule has 0 aromatic heterocycles. The van der Waals surface area contributed by atoms with E-state index in [2.05, 4.69) is 55.4 Å². The van der Waals surface area contributed by atoms with Crippen LogP contribution in [0.15, 0.2) is 0 Å². The highest BCUT2D eigenvalue weighted by atomic mass is 14.0. The van der Waals surface area contributed by atoms with Gasteiger partial charge in [-0.1, -0.05) is 105 Å². The molecule has 0 aliphatic rings. The van der Waals surface area contributed by atoms with Crippen LogP contribution in [0.5, 0.6) is 0 Å². The highest BCUT2D eigenvalue weighted by molar-refractivity contribution is 4.47. The maximum Gasteiger partial charge on any atom is -0.0411 e. The summed E-state index contributed by atoms with van der Waals surface area (Å²) in [4.78, 5) is 0. The van der Waals surface area contributed by atoms with Crippen LogP contribution in [0, 0.1) is 10.8 Å². The van der Waals surface area contributed by atoms with E-state index in [1.54, 1.807) is 0 Å². The van der Waals surface area contributed by atoms with Crippen molar-refractivity contribution in [2.75, 3.05) is 0 Å². The van der Waals surface area contributed by atoms with Crippen LogP contribution in [0.25, 0.3) is 0 Å². The first-order valence-corrected chi connectivity index (χ1v) is 6.00. The Morgan fingerprint density at radius 1 is 0.353 bits per heavy atom. The Balaban J connectivity index is -0.0000000160. The molecule has 0 atom stereocenters. The lowest BCUT2D eigenvalue weighted by Gasteiger charge is -2.05. The molecule has 0 heteroatoms. The van der Waals surface area contributed by atoms with Crippen molar-refractivity contribution >= 4 is 0 Å². The van der Waals surface area contributed by atoms with Gasteiger partial charge in [0, 0.05) is 0 Å². The van der Waals surface area contributed by atoms with Gasteiger partial charge < -0.3 is 0 Å². The van der Waals surface area contributed by atoms with Gasteiger partial charge in [0.25, 0.3) is 0 Å². The third-order valence-corrected chi connectivity index (χ3v) is 0. The lowest BCUT2D eigenvalue weighted by Crippen LogP contribution is -1.93. The van der Waals surface area contributed by atoms with Crippen LogP contribution in [0.2, 0.25) is 0 Å². The van der Waals surface area contributed by atoms with Gasteiger partial charge in [-0.05, 0) is 10.8 Å². The van der Waals surface area contributed by atoms with Crippen LogP contribution in [0.1, 0.15) is 105 Å². The second-order valence-electron chi connectivity index (χ2n) is 6.00. The fourth-order valence-electron chi connectivity index (χ4n) is 0. The molecule has 0 amide bonds. The van der Waals surface area contributed by atoms with Gasteiger partial charge in [0.05, 0.1) is 0 Å². The van der Waals surface area contributed by atoms with Gasteiger partial charge in [-0.2, -0.15) is 0 Å². The Labute approximate surface area is 117 Å². The van der Waals surface area contributed by atoms with Gasteiger partial charge in [0.2, 0.25) is 0 Å². The first kappa shape index (κ1) is 43.5. The lowest BCUT2D eigenvalue weighted by molar-refractivity contribution is 0.469. The van der Waals surface area contributed by atoms with E-state index >= 15 is 0 Å². The molecule has 17 heavy (non-hydrogen) atoms. The van der Waals surface area contributed by atoms with Crippen LogP contribution in [0.4, 0.5) is 0 Å². The van der Waals surface area contributed by atoms with Crippen molar-refractivity contribution in [1.82, 2.24) is 0 Å². The van der Waals surface area contributed by atoms with E-state index in [1.807, 2.05) is 27.7 Å². The fourth-order valence-corrected chi connectivity index (χ4v) is 0. The van der Waals surface area contributed by atoms with E-state index in [0.29, 0.717) is 10.8 Å². The van der Waals surface area contributed by atoms with Crippen molar-refractivity contribution in [3.63, 3.8) is 0 Å². The average Bonchev–Trinajstić information content (AvgIpc) is 1.88. The normalized spacial score (nSPS) is 7.76. The highest BCUT2D eigenvalue weighted by Gasteiger charge is 1.96. The molecule has 0 unspecified atom stereocenters. The zero-order valence-electron chi connectivity index (χ0n) is 13.0. The molecule has 0 aromatic rings. The van der Waals surface area contributed by atoms with E-state index in [1.165, 1.54) is 0 Å². The van der Waals surface area contributed by atoms with Crippen molar-refractivity contribution in [2.45, 2.75) is 105 Å². The minimum atomic E-state index is 0. The van der Waals surface area contributed by atoms with Crippen molar-refractivity contribution in [3.05, 3.63) is 0 Å². The molecule has 0 spiro atoms. The zero-order chi connectivity index (χ0) is 13.0. The van der Waals surface area contributed by atoms with Crippen LogP contribution in [-0.4, -0.2) is 0 Å². The van der Waals surface area contributed by atoms with Crippen molar-refractivity contribution in [2.24, 2.45) is 10.8 Å². The van der Waals surface area contributed by atoms with Gasteiger partial charge in [-0.25, -0.2) is 0 Å². The maximum atomic E-state index is 2.19. The second-order valence-corrected chi connectivity index (χ2v) is 6.00. The van der Waals surface area contributed by atoms with Crippen LogP contribution < -0.4 is 0 Å². The summed E-state index contributed by atoms with van der Waals surface area (Å²) in [5, 5.41) is 0. The third kappa shape index (κ3) is 0. The largest absolute Gasteiger partial charge is 0.0776 e. The monoisotopic (exact) mass is 252 g/mol. The smallest absolute Gasteiger partial charge is 0.0411 e. The lowest BCUT2D eigenvalue weighted by atomic mass is 10.0. The standard InChI is InChI=1S/2C5H12.2C2H6.3CH4/c2*1-5(2,3)4;2*1-2;;;/h2*1-4H3;2*1-2H3;3*1H4. The Morgan fingerprint density at radius 2 is 0.353 bits per heavy atom. The highest BCUT2D eigenvalue weighted by Crippen LogP contribution is 2.08. The molecular weight excluding hydrogens is 204 g/mol. The molecule has 0 saturated carbocycles. The van der Waals surface area contributed by atoms with Crippen molar-refractivity contribution in [3.8, 4) is 0 Å². The molecule has 0 aliphatic carbocycles. The third-order valence-electron chi connectivity index (χ3n) is 0. The Hall–Kier alpha value is 0. The SMILES string of the molecule is C.C.C.CC.CC.CC(C)(C)C.CC(C)(C)C. The average molecular weight is 253 g/mol. The Morgan fingerprint density at radius 3 is 0.353 bits per heavy atom. The topological polar surface area (TPSA) is 0 Å². The van der Waals surface area contributed by atoms with E-state index in [9.17, 15) is 0 Å². The van der Waals surface area contributed by atoms with Crippen molar-refractivity contribution in [1.29, 1.82) is 0 Å². The van der Waals surface area contributed by atoms with Crippen LogP contribution in [0.3, 0.4) is 0 Å². The van der Waals surface area contributed by atoms with E-state index in [-0.39, 0.29) is 22.3 Å². The Bertz CT molecular complexity index is 43.0. The predicted octanol–water partition coefficient (Wildman–Crippen LogP) is 8.07. The summed E-state index contributed by atoms with van der Waals surface area (Å²) < 4.78 is 0. The van der Waals surface area contributed by atoms with Gasteiger partial charge in [0.15, 0.2) is 0 Å². The molecule has 0 aliphatic heterocycles. The molecule has 0 heterocycles. The summed E-state index contributed by atoms with van der Waals surface area (Å²) in [5.41, 5.74) is 1.00. The summed E-state index contributed by atoms with van der Waals surface area (Å²) >= 11 is 0. The van der Waals surface area contributed by atoms with E-state index in [4.69, 9.17) is 0 Å². The summed E-state index contributed by atoms with van der Waals surface area (Å²) in [6.45, 7) is 25.5. The van der Waals surface area contributed by atoms with E-state index < -0.39 is 0 Å². The molecule has 0 nitrogen and oxygen atoms in total. The quantitative estimate of drug-likeness (QED) is 0.409. The molecule has 0 saturated heterocycles. The predicted molar refractivity (Wildman–Crippen MR) is 93.1 cm³/mol. The zero-order valence-corrected chi connectivity index (χ0v) is 13.0. The first-order valence-electron chi connectivity index (χ1n) is 6.00. The molecule has 116 valence electrons. The molecule has 0 radical (unpaired) electrons. The first-order chi connectivity index (χ1) is 6.00. The van der Waals surface area contributed by atoms with E-state index in [0.717, 1.165) is 0 Å². The van der Waals surface area contributed by atoms with Crippen LogP contribution in [-0.2, 0) is 0 Å². The molecule has 0 N–H and O–H groups in total. The van der Waals surface area contributed by atoms with Crippen molar-refractivity contribution < 1.29 is 0 Å².